The van der Waals surface area contributed by atoms with Gasteiger partial charge in [-0.25, -0.2) is 4.98 Å². The molecule has 0 bridgehead atoms. The van der Waals surface area contributed by atoms with Gasteiger partial charge in [0, 0.05) is 29.6 Å². The van der Waals surface area contributed by atoms with Crippen molar-refractivity contribution in [2.75, 3.05) is 24.9 Å². The lowest BCUT2D eigenvalue weighted by molar-refractivity contribution is 0.355. The number of hydrogen-bond donors (Lipinski definition) is 2. The highest BCUT2D eigenvalue weighted by molar-refractivity contribution is 5.66. The molecule has 8 nitrogen and oxygen atoms in total. The molecule has 0 fully saturated rings. The van der Waals surface area contributed by atoms with Gasteiger partial charge in [0.05, 0.1) is 14.2 Å². The molecule has 4 rings (SSSR count). The number of nitrogens with one attached hydrogen (secondary N) is 2. The highest BCUT2D eigenvalue weighted by Crippen LogP contribution is 2.34. The zero-order chi connectivity index (χ0) is 20.9. The van der Waals surface area contributed by atoms with Gasteiger partial charge in [-0.15, -0.1) is 0 Å². The van der Waals surface area contributed by atoms with Crippen LogP contribution in [0.15, 0.2) is 65.3 Å². The Kier molecular flexibility index (Phi) is 5.47. The summed E-state index contributed by atoms with van der Waals surface area (Å²) in [7, 11) is 3.20. The Balaban J connectivity index is 1.52. The molecule has 0 aliphatic rings. The monoisotopic (exact) mass is 403 g/mol. The summed E-state index contributed by atoms with van der Waals surface area (Å²) in [5.41, 5.74) is 2.74. The van der Waals surface area contributed by atoms with Crippen molar-refractivity contribution in [1.82, 2.24) is 15.1 Å². The average Bonchev–Trinajstić information content (AvgIpc) is 3.24. The molecule has 0 unspecified atom stereocenters. The molecule has 0 saturated heterocycles. The summed E-state index contributed by atoms with van der Waals surface area (Å²) in [6, 6.07) is 17.1. The summed E-state index contributed by atoms with van der Waals surface area (Å²) in [4.78, 5) is 8.79. The molecule has 2 aromatic carbocycles. The maximum Gasteiger partial charge on any atom is 0.229 e. The van der Waals surface area contributed by atoms with E-state index in [0.717, 1.165) is 16.8 Å². The first-order valence-electron chi connectivity index (χ1n) is 9.28. The summed E-state index contributed by atoms with van der Waals surface area (Å²) < 4.78 is 16.1. The van der Waals surface area contributed by atoms with Crippen molar-refractivity contribution >= 4 is 23.3 Å². The number of ether oxygens (including phenoxy) is 2. The second-order valence-corrected chi connectivity index (χ2v) is 6.48. The van der Waals surface area contributed by atoms with Crippen LogP contribution in [0, 0.1) is 6.92 Å². The van der Waals surface area contributed by atoms with Crippen molar-refractivity contribution in [3.05, 3.63) is 66.4 Å². The Hall–Kier alpha value is -4.07. The molecule has 2 aromatic heterocycles. The zero-order valence-electron chi connectivity index (χ0n) is 16.8. The van der Waals surface area contributed by atoms with Crippen molar-refractivity contribution < 1.29 is 14.0 Å². The van der Waals surface area contributed by atoms with Crippen LogP contribution < -0.4 is 20.1 Å². The fraction of sp³-hybridized carbons (Fsp3) is 0.136. The third kappa shape index (κ3) is 4.17. The third-order valence-corrected chi connectivity index (χ3v) is 4.46. The van der Waals surface area contributed by atoms with E-state index in [1.54, 1.807) is 26.5 Å². The van der Waals surface area contributed by atoms with E-state index in [4.69, 9.17) is 14.0 Å². The summed E-state index contributed by atoms with van der Waals surface area (Å²) in [5, 5.41) is 10.4. The van der Waals surface area contributed by atoms with Gasteiger partial charge < -0.3 is 24.6 Å². The van der Waals surface area contributed by atoms with E-state index < -0.39 is 0 Å². The molecule has 2 N–H and O–H groups in total. The molecular weight excluding hydrogens is 382 g/mol. The topological polar surface area (TPSA) is 94.3 Å². The predicted octanol–water partition coefficient (Wildman–Crippen LogP) is 4.94. The number of nitrogens with zero attached hydrogens (tertiary/aromatic N) is 3. The number of rotatable bonds is 7. The number of hydrogen-bond acceptors (Lipinski definition) is 8. The first kappa shape index (κ1) is 19.3. The highest BCUT2D eigenvalue weighted by atomic mass is 16.5. The summed E-state index contributed by atoms with van der Waals surface area (Å²) in [6.07, 6.45) is 1.66. The van der Waals surface area contributed by atoms with E-state index in [-0.39, 0.29) is 0 Å². The van der Waals surface area contributed by atoms with E-state index >= 15 is 0 Å². The van der Waals surface area contributed by atoms with Crippen molar-refractivity contribution in [1.29, 1.82) is 0 Å². The Morgan fingerprint density at radius 2 is 1.63 bits per heavy atom. The minimum atomic E-state index is 0.432. The SMILES string of the molecule is COc1cc(C)c(Nc2nccc(Nc3cc(-c4ccccc4)on3)n2)cc1OC. The van der Waals surface area contributed by atoms with E-state index in [1.165, 1.54) is 0 Å². The van der Waals surface area contributed by atoms with Gasteiger partial charge in [0.2, 0.25) is 5.95 Å². The van der Waals surface area contributed by atoms with Crippen molar-refractivity contribution in [3.8, 4) is 22.8 Å². The van der Waals surface area contributed by atoms with E-state index in [2.05, 4.69) is 25.8 Å². The fourth-order valence-corrected chi connectivity index (χ4v) is 2.93. The van der Waals surface area contributed by atoms with Gasteiger partial charge in [-0.2, -0.15) is 4.98 Å². The number of aryl methyl sites for hydroxylation is 1. The molecule has 0 aliphatic heterocycles. The van der Waals surface area contributed by atoms with E-state index in [0.29, 0.717) is 34.8 Å². The van der Waals surface area contributed by atoms with Crippen LogP contribution in [0.3, 0.4) is 0 Å². The van der Waals surface area contributed by atoms with E-state index in [1.807, 2.05) is 55.5 Å². The maximum atomic E-state index is 5.41. The third-order valence-electron chi connectivity index (χ3n) is 4.46. The second-order valence-electron chi connectivity index (χ2n) is 6.48. The number of aromatic nitrogens is 3. The summed E-state index contributed by atoms with van der Waals surface area (Å²) in [5.74, 6) is 3.53. The minimum Gasteiger partial charge on any atom is -0.493 e. The van der Waals surface area contributed by atoms with Crippen molar-refractivity contribution in [2.45, 2.75) is 6.92 Å². The van der Waals surface area contributed by atoms with Crippen LogP contribution in [0.5, 0.6) is 11.5 Å². The molecule has 0 aliphatic carbocycles. The van der Waals surface area contributed by atoms with Crippen LogP contribution in [0.1, 0.15) is 5.56 Å². The highest BCUT2D eigenvalue weighted by Gasteiger charge is 2.11. The number of anilines is 4. The first-order valence-corrected chi connectivity index (χ1v) is 9.28. The average molecular weight is 403 g/mol. The van der Waals surface area contributed by atoms with Crippen LogP contribution in [0.25, 0.3) is 11.3 Å². The van der Waals surface area contributed by atoms with Crippen molar-refractivity contribution in [3.63, 3.8) is 0 Å². The quantitative estimate of drug-likeness (QED) is 0.448. The fourth-order valence-electron chi connectivity index (χ4n) is 2.93. The molecule has 152 valence electrons. The Morgan fingerprint density at radius 1 is 0.867 bits per heavy atom. The maximum absolute atomic E-state index is 5.41. The Morgan fingerprint density at radius 3 is 2.40 bits per heavy atom. The number of methoxy groups -OCH3 is 2. The largest absolute Gasteiger partial charge is 0.493 e. The zero-order valence-corrected chi connectivity index (χ0v) is 16.8. The van der Waals surface area contributed by atoms with Crippen LogP contribution >= 0.6 is 0 Å². The van der Waals surface area contributed by atoms with Gasteiger partial charge in [0.15, 0.2) is 23.1 Å². The predicted molar refractivity (Wildman–Crippen MR) is 115 cm³/mol. The lowest BCUT2D eigenvalue weighted by Gasteiger charge is -2.13. The molecule has 0 spiro atoms. The normalized spacial score (nSPS) is 10.5. The molecule has 0 saturated carbocycles. The molecule has 8 heteroatoms. The molecule has 0 amide bonds. The summed E-state index contributed by atoms with van der Waals surface area (Å²) >= 11 is 0. The van der Waals surface area contributed by atoms with Gasteiger partial charge in [-0.1, -0.05) is 35.5 Å². The molecule has 0 atom stereocenters. The molecular formula is C22H21N5O3. The second kappa shape index (κ2) is 8.52. The molecule has 4 aromatic rings. The number of benzene rings is 2. The van der Waals surface area contributed by atoms with E-state index in [9.17, 15) is 0 Å². The first-order chi connectivity index (χ1) is 14.7. The Labute approximate surface area is 173 Å². The van der Waals surface area contributed by atoms with Crippen LogP contribution in [-0.2, 0) is 0 Å². The molecule has 2 heterocycles. The van der Waals surface area contributed by atoms with Gasteiger partial charge in [-0.05, 0) is 24.6 Å². The van der Waals surface area contributed by atoms with Gasteiger partial charge in [-0.3, -0.25) is 0 Å². The lowest BCUT2D eigenvalue weighted by Crippen LogP contribution is -2.02. The van der Waals surface area contributed by atoms with Crippen LogP contribution in [0.2, 0.25) is 0 Å². The minimum absolute atomic E-state index is 0.432. The smallest absolute Gasteiger partial charge is 0.229 e. The van der Waals surface area contributed by atoms with Crippen LogP contribution in [0.4, 0.5) is 23.3 Å². The van der Waals surface area contributed by atoms with Crippen LogP contribution in [-0.4, -0.2) is 29.3 Å². The standard InChI is InChI=1S/C22H21N5O3/c1-14-11-18(28-2)19(29-3)12-16(14)24-22-23-10-9-20(26-22)25-21-13-17(30-27-21)15-7-5-4-6-8-15/h4-13H,1-3H3,(H2,23,24,25,26,27). The van der Waals surface area contributed by atoms with Gasteiger partial charge in [0.25, 0.3) is 0 Å². The van der Waals surface area contributed by atoms with Gasteiger partial charge >= 0.3 is 0 Å². The molecule has 0 radical (unpaired) electrons. The summed E-state index contributed by atoms with van der Waals surface area (Å²) in [6.45, 7) is 1.97. The van der Waals surface area contributed by atoms with Crippen molar-refractivity contribution in [2.24, 2.45) is 0 Å². The molecule has 30 heavy (non-hydrogen) atoms. The lowest BCUT2D eigenvalue weighted by atomic mass is 10.1. The Bertz CT molecular complexity index is 1140. The van der Waals surface area contributed by atoms with Gasteiger partial charge in [0.1, 0.15) is 5.82 Å².